The molecule has 0 amide bonds. The van der Waals surface area contributed by atoms with Crippen LogP contribution in [-0.2, 0) is 28.6 Å². The summed E-state index contributed by atoms with van der Waals surface area (Å²) in [4.78, 5) is 63.8. The van der Waals surface area contributed by atoms with E-state index in [1.807, 2.05) is 0 Å². The average Bonchev–Trinajstić information content (AvgIpc) is 3.51. The highest BCUT2D eigenvalue weighted by molar-refractivity contribution is 5.75. The lowest BCUT2D eigenvalue weighted by molar-refractivity contribution is -0.562. The summed E-state index contributed by atoms with van der Waals surface area (Å²) in [7, 11) is 0. The molecule has 3 fully saturated rings. The molecule has 0 aromatic carbocycles. The Kier molecular flexibility index (Phi) is 11.7. The van der Waals surface area contributed by atoms with Gasteiger partial charge in [-0.15, -0.1) is 0 Å². The quantitative estimate of drug-likeness (QED) is 0.172. The van der Waals surface area contributed by atoms with Gasteiger partial charge < -0.3 is 14.2 Å². The minimum Gasteiger partial charge on any atom is -0.465 e. The maximum Gasteiger partial charge on any atom is 0.309 e. The predicted octanol–water partition coefficient (Wildman–Crippen LogP) is 2.98. The van der Waals surface area contributed by atoms with E-state index < -0.39 is 16.6 Å². The van der Waals surface area contributed by atoms with E-state index in [0.29, 0.717) is 39.1 Å². The largest absolute Gasteiger partial charge is 0.465 e. The number of esters is 3. The third-order valence-electron chi connectivity index (χ3n) is 6.85. The summed E-state index contributed by atoms with van der Waals surface area (Å²) < 4.78 is 14.2. The molecule has 3 heterocycles. The highest BCUT2D eigenvalue weighted by Crippen LogP contribution is 2.28. The van der Waals surface area contributed by atoms with Crippen LogP contribution in [0.1, 0.15) is 80.1 Å². The van der Waals surface area contributed by atoms with Crippen LogP contribution in [0.2, 0.25) is 0 Å². The topological polar surface area (TPSA) is 208 Å². The molecule has 3 rings (SSSR count). The maximum absolute atomic E-state index is 11.0. The molecule has 39 heavy (non-hydrogen) atoms. The van der Waals surface area contributed by atoms with Gasteiger partial charge in [-0.3, -0.25) is 44.7 Å². The van der Waals surface area contributed by atoms with Gasteiger partial charge >= 0.3 is 17.9 Å². The van der Waals surface area contributed by atoms with Crippen molar-refractivity contribution in [1.29, 1.82) is 0 Å². The fraction of sp³-hybridized carbons (Fsp3) is 0.875. The van der Waals surface area contributed by atoms with Gasteiger partial charge in [0, 0.05) is 75.6 Å². The number of cyclic esters (lactones) is 3. The monoisotopic (exact) mass is 561 g/mol. The first-order valence-corrected chi connectivity index (χ1v) is 12.7. The van der Waals surface area contributed by atoms with Crippen molar-refractivity contribution in [2.45, 2.75) is 96.7 Å². The first-order chi connectivity index (χ1) is 17.8. The van der Waals surface area contributed by atoms with Crippen LogP contribution in [0.4, 0.5) is 0 Å². The molecule has 0 aromatic rings. The molecule has 3 aliphatic rings. The predicted molar refractivity (Wildman–Crippen MR) is 134 cm³/mol. The van der Waals surface area contributed by atoms with Gasteiger partial charge in [-0.2, -0.15) is 0 Å². The van der Waals surface area contributed by atoms with Crippen molar-refractivity contribution in [2.75, 3.05) is 19.8 Å². The molecule has 15 heteroatoms. The summed E-state index contributed by atoms with van der Waals surface area (Å²) in [5.74, 6) is -1.76. The van der Waals surface area contributed by atoms with Gasteiger partial charge in [-0.1, -0.05) is 0 Å². The maximum atomic E-state index is 11.0. The molecule has 3 saturated heterocycles. The fourth-order valence-corrected chi connectivity index (χ4v) is 4.20. The zero-order valence-electron chi connectivity index (χ0n) is 23.3. The average molecular weight is 562 g/mol. The van der Waals surface area contributed by atoms with Crippen LogP contribution in [-0.4, -0.2) is 69.1 Å². The van der Waals surface area contributed by atoms with Gasteiger partial charge in [0.2, 0.25) is 16.6 Å². The Morgan fingerprint density at radius 2 is 0.769 bits per heavy atom. The first kappa shape index (κ1) is 33.6. The van der Waals surface area contributed by atoms with Gasteiger partial charge in [0.05, 0.1) is 37.6 Å². The van der Waals surface area contributed by atoms with Crippen LogP contribution in [0.3, 0.4) is 0 Å². The summed E-state index contributed by atoms with van der Waals surface area (Å²) in [6, 6.07) is 0. The molecule has 222 valence electrons. The molecular weight excluding hydrogens is 522 g/mol. The van der Waals surface area contributed by atoms with Crippen LogP contribution in [0.5, 0.6) is 0 Å². The second kappa shape index (κ2) is 13.6. The van der Waals surface area contributed by atoms with Crippen molar-refractivity contribution in [1.82, 2.24) is 0 Å². The van der Waals surface area contributed by atoms with E-state index in [2.05, 4.69) is 0 Å². The molecule has 0 radical (unpaired) electrons. The first-order valence-electron chi connectivity index (χ1n) is 12.7. The Labute approximate surface area is 226 Å². The zero-order chi connectivity index (χ0) is 30.2. The smallest absolute Gasteiger partial charge is 0.309 e. The lowest BCUT2D eigenvalue weighted by Crippen LogP contribution is -2.34. The van der Waals surface area contributed by atoms with Gasteiger partial charge in [-0.05, 0) is 19.3 Å². The van der Waals surface area contributed by atoms with E-state index in [1.54, 1.807) is 0 Å². The Balaban J connectivity index is 0.000000292. The summed E-state index contributed by atoms with van der Waals surface area (Å²) in [5, 5.41) is 31.7. The molecule has 0 saturated carbocycles. The van der Waals surface area contributed by atoms with Crippen molar-refractivity contribution in [2.24, 2.45) is 17.8 Å². The molecule has 3 aliphatic heterocycles. The minimum absolute atomic E-state index is 0.263. The molecule has 0 N–H and O–H groups in total. The molecule has 0 aliphatic carbocycles. The van der Waals surface area contributed by atoms with Gasteiger partial charge in [0.15, 0.2) is 0 Å². The van der Waals surface area contributed by atoms with Crippen LogP contribution in [0.25, 0.3) is 0 Å². The number of ether oxygens (including phenoxy) is 3. The number of nitrogens with zero attached hydrogens (tertiary/aromatic N) is 3. The molecule has 1 unspecified atom stereocenters. The second-order valence-corrected chi connectivity index (χ2v) is 11.8. The van der Waals surface area contributed by atoms with Crippen molar-refractivity contribution in [3.63, 3.8) is 0 Å². The Bertz CT molecular complexity index is 828. The fourth-order valence-electron chi connectivity index (χ4n) is 4.20. The van der Waals surface area contributed by atoms with Crippen molar-refractivity contribution in [3.05, 3.63) is 30.3 Å². The van der Waals surface area contributed by atoms with E-state index >= 15 is 0 Å². The van der Waals surface area contributed by atoms with Crippen molar-refractivity contribution < 1.29 is 43.4 Å². The molecule has 0 spiro atoms. The molecule has 3 atom stereocenters. The highest BCUT2D eigenvalue weighted by atomic mass is 16.6. The lowest BCUT2D eigenvalue weighted by atomic mass is 9.90. The molecule has 15 nitrogen and oxygen atoms in total. The number of hydrogen-bond acceptors (Lipinski definition) is 12. The summed E-state index contributed by atoms with van der Waals surface area (Å²) >= 11 is 0. The Morgan fingerprint density at radius 1 is 0.564 bits per heavy atom. The van der Waals surface area contributed by atoms with Gasteiger partial charge in [-0.25, -0.2) is 0 Å². The van der Waals surface area contributed by atoms with Crippen molar-refractivity contribution >= 4 is 17.9 Å². The highest BCUT2D eigenvalue weighted by Gasteiger charge is 2.41. The number of carbonyl (C=O) groups is 3. The third-order valence-corrected chi connectivity index (χ3v) is 6.85. The van der Waals surface area contributed by atoms with E-state index in [9.17, 15) is 44.7 Å². The number of rotatable bonds is 9. The van der Waals surface area contributed by atoms with Crippen LogP contribution >= 0.6 is 0 Å². The van der Waals surface area contributed by atoms with E-state index in [4.69, 9.17) is 14.2 Å². The third kappa shape index (κ3) is 10.4. The Morgan fingerprint density at radius 3 is 0.897 bits per heavy atom. The number of carbonyl (C=O) groups excluding carboxylic acids is 3. The second-order valence-electron chi connectivity index (χ2n) is 11.8. The molecule has 0 bridgehead atoms. The summed E-state index contributed by atoms with van der Waals surface area (Å²) in [6.07, 6.45) is 2.61. The zero-order valence-corrected chi connectivity index (χ0v) is 23.3. The Hall–Kier alpha value is -3.39. The lowest BCUT2D eigenvalue weighted by Gasteiger charge is -2.17. The number of hydrogen-bond donors (Lipinski definition) is 0. The van der Waals surface area contributed by atoms with Gasteiger partial charge in [0.25, 0.3) is 0 Å². The summed E-state index contributed by atoms with van der Waals surface area (Å²) in [5.41, 5.74) is -3.10. The van der Waals surface area contributed by atoms with Crippen molar-refractivity contribution in [3.8, 4) is 0 Å². The van der Waals surface area contributed by atoms with Crippen LogP contribution < -0.4 is 0 Å². The van der Waals surface area contributed by atoms with Crippen LogP contribution in [0, 0.1) is 48.1 Å². The number of nitro groups is 3. The van der Waals surface area contributed by atoms with Gasteiger partial charge in [0.1, 0.15) is 0 Å². The van der Waals surface area contributed by atoms with Crippen LogP contribution in [0.15, 0.2) is 0 Å². The standard InChI is InChI=1S/3C8H13NO4/c3*1-8(2,9(11)12)5-6-3-4-13-7(6)10/h3*6H,3-5H2,1-2H3/t2*6-;/m10./s1. The minimum atomic E-state index is -1.03. The SMILES string of the molecule is CC(C)(CC1CCOC1=O)[N+](=O)[O-].CC(C)(C[C@@H]1CCOC1=O)[N+](=O)[O-].CC(C)(C[C@H]1CCOC1=O)[N+](=O)[O-]. The summed E-state index contributed by atoms with van der Waals surface area (Å²) in [6.45, 7) is 10.4. The van der Waals surface area contributed by atoms with E-state index in [1.165, 1.54) is 41.5 Å². The molecular formula is C24H39N3O12. The van der Waals surface area contributed by atoms with E-state index in [0.717, 1.165) is 0 Å². The molecule has 0 aromatic heterocycles. The van der Waals surface area contributed by atoms with E-state index in [-0.39, 0.29) is 69.7 Å². The normalized spacial score (nSPS) is 22.9.